The number of fused-ring (bicyclic) bond motifs is 6. The molecule has 0 heterocycles. The number of ether oxygens (including phenoxy) is 2. The molecule has 4 aromatic carbocycles. The molecule has 0 aliphatic heterocycles. The van der Waals surface area contributed by atoms with Gasteiger partial charge in [0.05, 0.1) is 14.2 Å². The fourth-order valence-corrected chi connectivity index (χ4v) is 5.77. The maximum absolute atomic E-state index is 5.39. The summed E-state index contributed by atoms with van der Waals surface area (Å²) in [4.78, 5) is 0. The molecule has 4 aliphatic carbocycles. The van der Waals surface area contributed by atoms with E-state index in [1.165, 1.54) is 66.8 Å². The van der Waals surface area contributed by atoms with Crippen molar-refractivity contribution in [1.82, 2.24) is 0 Å². The van der Waals surface area contributed by atoms with Gasteiger partial charge >= 0.3 is 52.4 Å². The predicted molar refractivity (Wildman–Crippen MR) is 182 cm³/mol. The van der Waals surface area contributed by atoms with Gasteiger partial charge in [-0.1, -0.05) is 84.6 Å². The summed E-state index contributed by atoms with van der Waals surface area (Å²) in [6, 6.07) is 31.3. The number of hydrogen-bond acceptors (Lipinski definition) is 2. The summed E-state index contributed by atoms with van der Waals surface area (Å²) < 4.78 is 10.8. The largest absolute Gasteiger partial charge is 2.00 e. The number of benzene rings is 4. The number of methoxy groups -OCH3 is 2. The molecule has 0 bridgehead atoms. The minimum atomic E-state index is 0. The second kappa shape index (κ2) is 21.1. The Kier molecular flexibility index (Phi) is 19.3. The standard InChI is InChI=1S/2C14H11O.2C7H9.2ClH.2Zr/c2*1-15-13-8-4-6-11-9-10-5-2-3-7-12(10)14(11)13;2*1-6-4-3-5-7(6)2;;;;/h2*2-5,7-8H,9H2,1H3;2*4H,3H2,1-2H3;2*1H;;/q4*-1;;;2*+2/p-2. The van der Waals surface area contributed by atoms with E-state index >= 15 is 0 Å². The molecule has 4 aromatic rings. The fraction of sp³-hybridized carbons (Fsp3) is 0.238. The van der Waals surface area contributed by atoms with Crippen LogP contribution in [0.1, 0.15) is 62.8 Å². The van der Waals surface area contributed by atoms with Gasteiger partial charge in [-0.3, -0.25) is 12.2 Å². The maximum atomic E-state index is 5.39. The van der Waals surface area contributed by atoms with E-state index in [-0.39, 0.29) is 77.2 Å². The summed E-state index contributed by atoms with van der Waals surface area (Å²) in [5, 5.41) is 0. The van der Waals surface area contributed by atoms with Crippen molar-refractivity contribution in [3.05, 3.63) is 154 Å². The van der Waals surface area contributed by atoms with Crippen LogP contribution < -0.4 is 34.3 Å². The monoisotopic (exact) mass is 826 g/mol. The molecule has 48 heavy (non-hydrogen) atoms. The van der Waals surface area contributed by atoms with Gasteiger partial charge in [0, 0.05) is 11.5 Å². The summed E-state index contributed by atoms with van der Waals surface area (Å²) in [5.41, 5.74) is 15.7. The van der Waals surface area contributed by atoms with Gasteiger partial charge in [-0.15, -0.1) is 49.9 Å². The fourth-order valence-electron chi connectivity index (χ4n) is 5.77. The van der Waals surface area contributed by atoms with Crippen molar-refractivity contribution in [1.29, 1.82) is 0 Å². The van der Waals surface area contributed by atoms with Crippen molar-refractivity contribution in [2.75, 3.05) is 14.2 Å². The molecule has 2 nitrogen and oxygen atoms in total. The molecule has 0 N–H and O–H groups in total. The molecule has 0 saturated carbocycles. The van der Waals surface area contributed by atoms with Crippen molar-refractivity contribution in [2.45, 2.75) is 53.4 Å². The van der Waals surface area contributed by atoms with Crippen LogP contribution in [0, 0.1) is 24.3 Å². The van der Waals surface area contributed by atoms with E-state index in [0.717, 1.165) is 37.2 Å². The Hall–Kier alpha value is -2.21. The smallest absolute Gasteiger partial charge is 1.00 e. The molecule has 0 saturated heterocycles. The third kappa shape index (κ3) is 10.4. The molecule has 4 aliphatic rings. The van der Waals surface area contributed by atoms with Crippen LogP contribution in [0.3, 0.4) is 0 Å². The molecule has 6 heteroatoms. The van der Waals surface area contributed by atoms with Gasteiger partial charge in [-0.2, -0.15) is 36.4 Å². The zero-order valence-corrected chi connectivity index (χ0v) is 34.9. The summed E-state index contributed by atoms with van der Waals surface area (Å²) in [6.45, 7) is 8.43. The average Bonchev–Trinajstić information content (AvgIpc) is 3.83. The third-order valence-corrected chi connectivity index (χ3v) is 8.56. The molecule has 0 unspecified atom stereocenters. The van der Waals surface area contributed by atoms with Crippen LogP contribution in [0.15, 0.2) is 107 Å². The van der Waals surface area contributed by atoms with Gasteiger partial charge < -0.3 is 34.3 Å². The van der Waals surface area contributed by atoms with Crippen molar-refractivity contribution < 1.29 is 86.7 Å². The minimum absolute atomic E-state index is 0. The summed E-state index contributed by atoms with van der Waals surface area (Å²) in [6.07, 6.45) is 14.8. The van der Waals surface area contributed by atoms with Crippen molar-refractivity contribution in [3.8, 4) is 33.8 Å². The molecular formula is C42H40Cl2O2Zr2-2. The first-order chi connectivity index (χ1) is 21.4. The van der Waals surface area contributed by atoms with Crippen LogP contribution in [-0.4, -0.2) is 14.2 Å². The van der Waals surface area contributed by atoms with Crippen molar-refractivity contribution >= 4 is 0 Å². The van der Waals surface area contributed by atoms with Crippen LogP contribution in [0.25, 0.3) is 22.3 Å². The van der Waals surface area contributed by atoms with Gasteiger partial charge in [0.1, 0.15) is 0 Å². The first-order valence-electron chi connectivity index (χ1n) is 15.2. The number of allylic oxidation sites excluding steroid dienone is 8. The Morgan fingerprint density at radius 2 is 0.917 bits per heavy atom. The average molecular weight is 830 g/mol. The van der Waals surface area contributed by atoms with Crippen molar-refractivity contribution in [2.24, 2.45) is 0 Å². The quantitative estimate of drug-likeness (QED) is 0.243. The summed E-state index contributed by atoms with van der Waals surface area (Å²) in [5.74, 6) is 1.90. The van der Waals surface area contributed by atoms with Gasteiger partial charge in [-0.25, -0.2) is 22.3 Å². The zero-order valence-electron chi connectivity index (χ0n) is 28.5. The molecule has 0 spiro atoms. The number of halogens is 2. The second-order valence-corrected chi connectivity index (χ2v) is 11.3. The molecule has 0 radical (unpaired) electrons. The Morgan fingerprint density at radius 3 is 1.21 bits per heavy atom. The van der Waals surface area contributed by atoms with Crippen molar-refractivity contribution in [3.63, 3.8) is 0 Å². The Morgan fingerprint density at radius 1 is 0.542 bits per heavy atom. The van der Waals surface area contributed by atoms with Gasteiger partial charge in [0.15, 0.2) is 0 Å². The van der Waals surface area contributed by atoms with E-state index in [0.29, 0.717) is 0 Å². The molecule has 0 fully saturated rings. The molecule has 0 aromatic heterocycles. The molecule has 8 rings (SSSR count). The maximum Gasteiger partial charge on any atom is 2.00 e. The Labute approximate surface area is 338 Å². The first kappa shape index (κ1) is 43.8. The first-order valence-corrected chi connectivity index (χ1v) is 15.2. The SMILES string of the molecule is CC1=[C-]CC=C1C.CC1=[C-]CC=C1C.COc1cc[c-]c2c1-c1ccccc1C2.COc1cc[c-]c2c1-c1ccccc1C2.[Cl-].[Cl-].[Zr+2].[Zr+2]. The predicted octanol–water partition coefficient (Wildman–Crippen LogP) is 4.31. The van der Waals surface area contributed by atoms with E-state index < -0.39 is 0 Å². The van der Waals surface area contributed by atoms with Gasteiger partial charge in [0.25, 0.3) is 0 Å². The third-order valence-electron chi connectivity index (χ3n) is 8.56. The summed E-state index contributed by atoms with van der Waals surface area (Å²) in [7, 11) is 3.44. The topological polar surface area (TPSA) is 18.5 Å². The Bertz CT molecular complexity index is 1620. The van der Waals surface area contributed by atoms with Crippen LogP contribution in [0.2, 0.25) is 0 Å². The van der Waals surface area contributed by atoms with E-state index in [9.17, 15) is 0 Å². The normalized spacial score (nSPS) is 13.1. The van der Waals surface area contributed by atoms with E-state index in [1.54, 1.807) is 14.2 Å². The van der Waals surface area contributed by atoms with E-state index in [1.807, 2.05) is 24.3 Å². The minimum Gasteiger partial charge on any atom is -1.00 e. The number of rotatable bonds is 2. The van der Waals surface area contributed by atoms with Crippen LogP contribution in [0.5, 0.6) is 11.5 Å². The molecule has 0 amide bonds. The van der Waals surface area contributed by atoms with E-state index in [2.05, 4.69) is 113 Å². The zero-order chi connectivity index (χ0) is 31.1. The van der Waals surface area contributed by atoms with Crippen LogP contribution in [-0.2, 0) is 65.2 Å². The second-order valence-electron chi connectivity index (χ2n) is 11.3. The molecular weight excluding hydrogens is 790 g/mol. The Balaban J connectivity index is 0.000000329. The summed E-state index contributed by atoms with van der Waals surface area (Å²) >= 11 is 0. The van der Waals surface area contributed by atoms with Gasteiger partial charge in [-0.05, 0) is 24.0 Å². The molecule has 0 atom stereocenters. The van der Waals surface area contributed by atoms with Gasteiger partial charge in [0.2, 0.25) is 0 Å². The van der Waals surface area contributed by atoms with Crippen LogP contribution in [0.4, 0.5) is 0 Å². The van der Waals surface area contributed by atoms with Crippen LogP contribution >= 0.6 is 0 Å². The van der Waals surface area contributed by atoms with E-state index in [4.69, 9.17) is 9.47 Å². The molecule has 244 valence electrons. The number of hydrogen-bond donors (Lipinski definition) is 0.